The Bertz CT molecular complexity index is 517. The summed E-state index contributed by atoms with van der Waals surface area (Å²) in [7, 11) is -3.40. The Morgan fingerprint density at radius 1 is 1.39 bits per heavy atom. The first kappa shape index (κ1) is 14.3. The minimum Gasteiger partial charge on any atom is -0.207 e. The highest BCUT2D eigenvalue weighted by molar-refractivity contribution is 9.09. The third kappa shape index (κ3) is 2.59. The summed E-state index contributed by atoms with van der Waals surface area (Å²) in [6.45, 7) is 2.67. The van der Waals surface area contributed by atoms with Crippen molar-refractivity contribution in [3.63, 3.8) is 0 Å². The molecule has 100 valence electrons. The van der Waals surface area contributed by atoms with Gasteiger partial charge in [-0.25, -0.2) is 8.42 Å². The second-order valence-electron chi connectivity index (χ2n) is 4.56. The van der Waals surface area contributed by atoms with E-state index in [1.165, 1.54) is 0 Å². The predicted molar refractivity (Wildman–Crippen MR) is 76.7 cm³/mol. The lowest BCUT2D eigenvalue weighted by atomic mass is 10.1. The van der Waals surface area contributed by atoms with E-state index in [4.69, 9.17) is 11.6 Å². The molecule has 18 heavy (non-hydrogen) atoms. The summed E-state index contributed by atoms with van der Waals surface area (Å²) in [5, 5.41) is 1.21. The van der Waals surface area contributed by atoms with Crippen LogP contribution in [0.2, 0.25) is 5.02 Å². The maximum Gasteiger partial charge on any atom is 0.243 e. The molecule has 0 aromatic heterocycles. The van der Waals surface area contributed by atoms with Crippen molar-refractivity contribution in [2.24, 2.45) is 5.92 Å². The highest BCUT2D eigenvalue weighted by atomic mass is 79.9. The average Bonchev–Trinajstić information content (AvgIpc) is 2.71. The van der Waals surface area contributed by atoms with Gasteiger partial charge in [-0.1, -0.05) is 34.5 Å². The lowest BCUT2D eigenvalue weighted by Crippen LogP contribution is -2.38. The van der Waals surface area contributed by atoms with Gasteiger partial charge < -0.3 is 0 Å². The van der Waals surface area contributed by atoms with E-state index in [1.807, 2.05) is 0 Å². The summed E-state index contributed by atoms with van der Waals surface area (Å²) in [4.78, 5) is 0.312. The Labute approximate surface area is 121 Å². The second-order valence-corrected chi connectivity index (χ2v) is 7.53. The van der Waals surface area contributed by atoms with Crippen molar-refractivity contribution in [1.29, 1.82) is 0 Å². The Kier molecular flexibility index (Phi) is 4.36. The van der Waals surface area contributed by atoms with Crippen LogP contribution in [0.4, 0.5) is 0 Å². The summed E-state index contributed by atoms with van der Waals surface area (Å²) < 4.78 is 26.6. The van der Waals surface area contributed by atoms with E-state index >= 15 is 0 Å². The molecule has 0 bridgehead atoms. The van der Waals surface area contributed by atoms with Crippen molar-refractivity contribution >= 4 is 37.6 Å². The normalized spacial score (nSPS) is 25.5. The predicted octanol–water partition coefficient (Wildman–Crippen LogP) is 3.13. The van der Waals surface area contributed by atoms with Crippen molar-refractivity contribution in [3.05, 3.63) is 29.3 Å². The Morgan fingerprint density at radius 3 is 2.56 bits per heavy atom. The number of benzene rings is 1. The fourth-order valence-corrected chi connectivity index (χ4v) is 5.28. The lowest BCUT2D eigenvalue weighted by Gasteiger charge is -2.24. The molecule has 2 unspecified atom stereocenters. The maximum absolute atomic E-state index is 12.5. The quantitative estimate of drug-likeness (QED) is 0.784. The van der Waals surface area contributed by atoms with Gasteiger partial charge in [-0.05, 0) is 36.6 Å². The third-order valence-electron chi connectivity index (χ3n) is 3.41. The first-order valence-corrected chi connectivity index (χ1v) is 8.74. The molecule has 2 rings (SSSR count). The van der Waals surface area contributed by atoms with Gasteiger partial charge in [0.15, 0.2) is 0 Å². The molecule has 0 radical (unpaired) electrons. The molecule has 1 heterocycles. The van der Waals surface area contributed by atoms with Crippen molar-refractivity contribution < 1.29 is 8.42 Å². The Balaban J connectivity index is 2.34. The molecular weight excluding hydrogens is 338 g/mol. The van der Waals surface area contributed by atoms with Crippen LogP contribution in [0.25, 0.3) is 0 Å². The lowest BCUT2D eigenvalue weighted by molar-refractivity contribution is 0.378. The van der Waals surface area contributed by atoms with Gasteiger partial charge in [0.2, 0.25) is 10.0 Å². The fraction of sp³-hybridized carbons (Fsp3) is 0.500. The van der Waals surface area contributed by atoms with Crippen LogP contribution >= 0.6 is 27.5 Å². The monoisotopic (exact) mass is 351 g/mol. The summed E-state index contributed by atoms with van der Waals surface area (Å²) in [6.07, 6.45) is 0.906. The molecule has 0 spiro atoms. The molecule has 1 aromatic rings. The van der Waals surface area contributed by atoms with Gasteiger partial charge in [0.1, 0.15) is 0 Å². The van der Waals surface area contributed by atoms with Crippen LogP contribution in [-0.4, -0.2) is 30.6 Å². The first-order chi connectivity index (χ1) is 8.46. The smallest absolute Gasteiger partial charge is 0.207 e. The van der Waals surface area contributed by atoms with Crippen molar-refractivity contribution in [2.45, 2.75) is 24.3 Å². The molecule has 3 nitrogen and oxygen atoms in total. The SMILES string of the molecule is CC1CCN(S(=O)(=O)c2ccc(Cl)cc2)C1CBr. The van der Waals surface area contributed by atoms with Crippen LogP contribution in [0, 0.1) is 5.92 Å². The number of rotatable bonds is 3. The molecule has 2 atom stereocenters. The zero-order chi connectivity index (χ0) is 13.3. The van der Waals surface area contributed by atoms with Crippen molar-refractivity contribution in [3.8, 4) is 0 Å². The van der Waals surface area contributed by atoms with Crippen LogP contribution < -0.4 is 0 Å². The zero-order valence-corrected chi connectivity index (χ0v) is 13.2. The molecule has 1 aliphatic heterocycles. The minimum atomic E-state index is -3.40. The summed E-state index contributed by atoms with van der Waals surface area (Å²) in [5.41, 5.74) is 0. The molecule has 1 aromatic carbocycles. The maximum atomic E-state index is 12.5. The Morgan fingerprint density at radius 2 is 2.00 bits per heavy atom. The van der Waals surface area contributed by atoms with Crippen LogP contribution in [0.1, 0.15) is 13.3 Å². The van der Waals surface area contributed by atoms with Gasteiger partial charge in [0.25, 0.3) is 0 Å². The highest BCUT2D eigenvalue weighted by Crippen LogP contribution is 2.31. The zero-order valence-electron chi connectivity index (χ0n) is 10.0. The molecule has 0 aliphatic carbocycles. The summed E-state index contributed by atoms with van der Waals surface area (Å²) in [6, 6.07) is 6.37. The molecule has 0 saturated carbocycles. The number of alkyl halides is 1. The number of hydrogen-bond donors (Lipinski definition) is 0. The van der Waals surface area contributed by atoms with E-state index in [2.05, 4.69) is 22.9 Å². The third-order valence-corrected chi connectivity index (χ3v) is 6.26. The largest absolute Gasteiger partial charge is 0.243 e. The van der Waals surface area contributed by atoms with Crippen molar-refractivity contribution in [2.75, 3.05) is 11.9 Å². The number of nitrogens with zero attached hydrogens (tertiary/aromatic N) is 1. The molecule has 0 N–H and O–H groups in total. The Hall–Kier alpha value is -0.100. The van der Waals surface area contributed by atoms with Gasteiger partial charge in [-0.15, -0.1) is 0 Å². The van der Waals surface area contributed by atoms with Gasteiger partial charge >= 0.3 is 0 Å². The fourth-order valence-electron chi connectivity index (χ4n) is 2.24. The molecule has 6 heteroatoms. The molecule has 1 fully saturated rings. The van der Waals surface area contributed by atoms with Gasteiger partial charge in [-0.3, -0.25) is 0 Å². The van der Waals surface area contributed by atoms with E-state index in [-0.39, 0.29) is 6.04 Å². The highest BCUT2D eigenvalue weighted by Gasteiger charge is 2.38. The number of sulfonamides is 1. The van der Waals surface area contributed by atoms with Gasteiger partial charge in [-0.2, -0.15) is 4.31 Å². The average molecular weight is 353 g/mol. The molecular formula is C12H15BrClNO2S. The van der Waals surface area contributed by atoms with E-state index in [9.17, 15) is 8.42 Å². The topological polar surface area (TPSA) is 37.4 Å². The second kappa shape index (κ2) is 5.49. The van der Waals surface area contributed by atoms with Crippen LogP contribution in [0.5, 0.6) is 0 Å². The van der Waals surface area contributed by atoms with E-state index < -0.39 is 10.0 Å². The molecule has 1 aliphatic rings. The van der Waals surface area contributed by atoms with Gasteiger partial charge in [0.05, 0.1) is 4.90 Å². The van der Waals surface area contributed by atoms with Crippen LogP contribution in [0.3, 0.4) is 0 Å². The van der Waals surface area contributed by atoms with E-state index in [0.717, 1.165) is 6.42 Å². The summed E-state index contributed by atoms with van der Waals surface area (Å²) in [5.74, 6) is 0.381. The summed E-state index contributed by atoms with van der Waals surface area (Å²) >= 11 is 9.19. The molecule has 0 amide bonds. The van der Waals surface area contributed by atoms with Crippen LogP contribution in [-0.2, 0) is 10.0 Å². The number of hydrogen-bond acceptors (Lipinski definition) is 2. The van der Waals surface area contributed by atoms with Crippen molar-refractivity contribution in [1.82, 2.24) is 4.31 Å². The van der Waals surface area contributed by atoms with E-state index in [1.54, 1.807) is 28.6 Å². The van der Waals surface area contributed by atoms with Crippen LogP contribution in [0.15, 0.2) is 29.2 Å². The standard InChI is InChI=1S/C12H15BrClNO2S/c1-9-6-7-15(12(9)8-13)18(16,17)11-4-2-10(14)3-5-11/h2-5,9,12H,6-8H2,1H3. The van der Waals surface area contributed by atoms with Gasteiger partial charge in [0, 0.05) is 22.9 Å². The molecule has 1 saturated heterocycles. The van der Waals surface area contributed by atoms with E-state index in [0.29, 0.717) is 27.7 Å². The number of halogens is 2. The first-order valence-electron chi connectivity index (χ1n) is 5.80. The minimum absolute atomic E-state index is 0.0330.